The number of para-hydroxylation sites is 2. The average molecular weight is 271 g/mol. The van der Waals surface area contributed by atoms with E-state index in [2.05, 4.69) is 10.3 Å². The molecule has 1 heterocycles. The van der Waals surface area contributed by atoms with Gasteiger partial charge in [-0.2, -0.15) is 0 Å². The molecule has 1 unspecified atom stereocenters. The topological polar surface area (TPSA) is 46.9 Å². The summed E-state index contributed by atoms with van der Waals surface area (Å²) >= 11 is 0. The van der Waals surface area contributed by atoms with Crippen LogP contribution in [0.4, 0.5) is 0 Å². The quantitative estimate of drug-likeness (QED) is 0.932. The number of benzene rings is 1. The van der Waals surface area contributed by atoms with Crippen LogP contribution in [0.2, 0.25) is 0 Å². The lowest BCUT2D eigenvalue weighted by atomic mass is 9.95. The van der Waals surface area contributed by atoms with Crippen LogP contribution in [0, 0.1) is 0 Å². The Hall–Kier alpha value is -1.84. The maximum atomic E-state index is 12.4. The van der Waals surface area contributed by atoms with Crippen LogP contribution in [0.1, 0.15) is 45.1 Å². The summed E-state index contributed by atoms with van der Waals surface area (Å²) in [5.74, 6) is 0.0973. The van der Waals surface area contributed by atoms with E-state index < -0.39 is 0 Å². The van der Waals surface area contributed by atoms with Crippen molar-refractivity contribution in [3.63, 3.8) is 0 Å². The van der Waals surface area contributed by atoms with Gasteiger partial charge in [-0.05, 0) is 31.9 Å². The van der Waals surface area contributed by atoms with E-state index >= 15 is 0 Å². The second kappa shape index (κ2) is 5.65. The first kappa shape index (κ1) is 13.2. The lowest BCUT2D eigenvalue weighted by molar-refractivity contribution is -0.124. The number of nitrogens with zero attached hydrogens (tertiary/aromatic N) is 2. The van der Waals surface area contributed by atoms with Gasteiger partial charge in [-0.25, -0.2) is 4.98 Å². The van der Waals surface area contributed by atoms with E-state index in [0.29, 0.717) is 6.04 Å². The van der Waals surface area contributed by atoms with Crippen LogP contribution in [0.3, 0.4) is 0 Å². The molecule has 1 amide bonds. The number of imidazole rings is 1. The highest BCUT2D eigenvalue weighted by atomic mass is 16.2. The van der Waals surface area contributed by atoms with Crippen molar-refractivity contribution < 1.29 is 4.79 Å². The first-order valence-electron chi connectivity index (χ1n) is 7.47. The maximum absolute atomic E-state index is 12.4. The summed E-state index contributed by atoms with van der Waals surface area (Å²) in [5.41, 5.74) is 1.95. The van der Waals surface area contributed by atoms with E-state index in [4.69, 9.17) is 0 Å². The van der Waals surface area contributed by atoms with Crippen LogP contribution in [-0.2, 0) is 4.79 Å². The summed E-state index contributed by atoms with van der Waals surface area (Å²) < 4.78 is 1.95. The number of hydrogen-bond donors (Lipinski definition) is 1. The summed E-state index contributed by atoms with van der Waals surface area (Å²) in [4.78, 5) is 16.7. The highest BCUT2D eigenvalue weighted by molar-refractivity contribution is 5.83. The van der Waals surface area contributed by atoms with Gasteiger partial charge in [0, 0.05) is 6.04 Å². The molecule has 4 heteroatoms. The fourth-order valence-corrected chi connectivity index (χ4v) is 2.98. The zero-order chi connectivity index (χ0) is 13.9. The summed E-state index contributed by atoms with van der Waals surface area (Å²) in [6.45, 7) is 1.94. The summed E-state index contributed by atoms with van der Waals surface area (Å²) in [7, 11) is 0. The van der Waals surface area contributed by atoms with E-state index in [0.717, 1.165) is 23.9 Å². The Labute approximate surface area is 119 Å². The molecule has 0 spiro atoms. The normalized spacial score (nSPS) is 18.1. The van der Waals surface area contributed by atoms with Gasteiger partial charge >= 0.3 is 0 Å². The average Bonchev–Trinajstić information content (AvgIpc) is 2.91. The molecule has 4 nitrogen and oxygen atoms in total. The molecule has 20 heavy (non-hydrogen) atoms. The van der Waals surface area contributed by atoms with E-state index in [9.17, 15) is 4.79 Å². The van der Waals surface area contributed by atoms with E-state index in [-0.39, 0.29) is 11.9 Å². The monoisotopic (exact) mass is 271 g/mol. The summed E-state index contributed by atoms with van der Waals surface area (Å²) in [6.07, 6.45) is 7.75. The standard InChI is InChI=1S/C16H21N3O/c1-12(16(20)18-13-7-3-2-4-8-13)19-11-17-14-9-5-6-10-15(14)19/h5-6,9-13H,2-4,7-8H2,1H3,(H,18,20). The minimum Gasteiger partial charge on any atom is -0.352 e. The Balaban J connectivity index is 1.74. The van der Waals surface area contributed by atoms with E-state index in [1.807, 2.05) is 35.8 Å². The van der Waals surface area contributed by atoms with Gasteiger partial charge in [-0.3, -0.25) is 4.79 Å². The predicted molar refractivity (Wildman–Crippen MR) is 79.5 cm³/mol. The fourth-order valence-electron chi connectivity index (χ4n) is 2.98. The number of fused-ring (bicyclic) bond motifs is 1. The Morgan fingerprint density at radius 1 is 1.30 bits per heavy atom. The molecule has 1 aliphatic carbocycles. The number of carbonyl (C=O) groups is 1. The Bertz CT molecular complexity index is 599. The third-order valence-corrected chi connectivity index (χ3v) is 4.23. The molecule has 1 N–H and O–H groups in total. The van der Waals surface area contributed by atoms with Gasteiger partial charge in [0.15, 0.2) is 0 Å². The van der Waals surface area contributed by atoms with E-state index in [1.165, 1.54) is 19.3 Å². The summed E-state index contributed by atoms with van der Waals surface area (Å²) in [6, 6.07) is 8.06. The van der Waals surface area contributed by atoms with Gasteiger partial charge in [0.1, 0.15) is 6.04 Å². The molecule has 0 saturated heterocycles. The Kier molecular flexibility index (Phi) is 3.72. The van der Waals surface area contributed by atoms with Crippen LogP contribution in [-0.4, -0.2) is 21.5 Å². The largest absolute Gasteiger partial charge is 0.352 e. The highest BCUT2D eigenvalue weighted by Gasteiger charge is 2.21. The van der Waals surface area contributed by atoms with Crippen molar-refractivity contribution in [2.24, 2.45) is 0 Å². The number of aromatic nitrogens is 2. The molecule has 2 aromatic rings. The van der Waals surface area contributed by atoms with Crippen molar-refractivity contribution in [1.82, 2.24) is 14.9 Å². The minimum atomic E-state index is -0.218. The lowest BCUT2D eigenvalue weighted by Crippen LogP contribution is -2.39. The predicted octanol–water partition coefficient (Wildman–Crippen LogP) is 3.05. The molecule has 1 aliphatic rings. The number of rotatable bonds is 3. The summed E-state index contributed by atoms with van der Waals surface area (Å²) in [5, 5.41) is 3.18. The number of nitrogens with one attached hydrogen (secondary N) is 1. The molecule has 1 atom stereocenters. The Morgan fingerprint density at radius 2 is 2.05 bits per heavy atom. The highest BCUT2D eigenvalue weighted by Crippen LogP contribution is 2.20. The second-order valence-corrected chi connectivity index (χ2v) is 5.66. The van der Waals surface area contributed by atoms with Crippen molar-refractivity contribution in [3.8, 4) is 0 Å². The minimum absolute atomic E-state index is 0.0973. The van der Waals surface area contributed by atoms with Crippen molar-refractivity contribution in [2.75, 3.05) is 0 Å². The molecule has 3 rings (SSSR count). The number of carbonyl (C=O) groups excluding carboxylic acids is 1. The maximum Gasteiger partial charge on any atom is 0.243 e. The van der Waals surface area contributed by atoms with Crippen LogP contribution in [0.15, 0.2) is 30.6 Å². The van der Waals surface area contributed by atoms with Gasteiger partial charge in [0.05, 0.1) is 17.4 Å². The molecule has 0 bridgehead atoms. The fraction of sp³-hybridized carbons (Fsp3) is 0.500. The third kappa shape index (κ3) is 2.55. The van der Waals surface area contributed by atoms with Gasteiger partial charge in [-0.1, -0.05) is 31.4 Å². The van der Waals surface area contributed by atoms with Gasteiger partial charge in [0.2, 0.25) is 5.91 Å². The van der Waals surface area contributed by atoms with Crippen molar-refractivity contribution in [3.05, 3.63) is 30.6 Å². The SMILES string of the molecule is CC(C(=O)NC1CCCCC1)n1cnc2ccccc21. The molecule has 106 valence electrons. The van der Waals surface area contributed by atoms with Crippen LogP contribution in [0.5, 0.6) is 0 Å². The zero-order valence-corrected chi connectivity index (χ0v) is 11.9. The molecule has 0 aliphatic heterocycles. The smallest absolute Gasteiger partial charge is 0.243 e. The molecule has 1 saturated carbocycles. The van der Waals surface area contributed by atoms with Gasteiger partial charge in [-0.15, -0.1) is 0 Å². The molecular formula is C16H21N3O. The first-order chi connectivity index (χ1) is 9.75. The third-order valence-electron chi connectivity index (χ3n) is 4.23. The van der Waals surface area contributed by atoms with Gasteiger partial charge < -0.3 is 9.88 Å². The van der Waals surface area contributed by atoms with Crippen LogP contribution in [0.25, 0.3) is 11.0 Å². The molecular weight excluding hydrogens is 250 g/mol. The second-order valence-electron chi connectivity index (χ2n) is 5.66. The van der Waals surface area contributed by atoms with Crippen LogP contribution < -0.4 is 5.32 Å². The van der Waals surface area contributed by atoms with Crippen molar-refractivity contribution in [2.45, 2.75) is 51.1 Å². The van der Waals surface area contributed by atoms with Crippen molar-refractivity contribution >= 4 is 16.9 Å². The first-order valence-corrected chi connectivity index (χ1v) is 7.47. The lowest BCUT2D eigenvalue weighted by Gasteiger charge is -2.25. The number of hydrogen-bond acceptors (Lipinski definition) is 2. The zero-order valence-electron chi connectivity index (χ0n) is 11.9. The van der Waals surface area contributed by atoms with Crippen LogP contribution >= 0.6 is 0 Å². The molecule has 1 fully saturated rings. The molecule has 1 aromatic carbocycles. The van der Waals surface area contributed by atoms with Gasteiger partial charge in [0.25, 0.3) is 0 Å². The molecule has 0 radical (unpaired) electrons. The van der Waals surface area contributed by atoms with E-state index in [1.54, 1.807) is 6.33 Å². The molecule has 1 aromatic heterocycles. The van der Waals surface area contributed by atoms with Crippen molar-refractivity contribution in [1.29, 1.82) is 0 Å². The number of amides is 1. The Morgan fingerprint density at radius 3 is 2.85 bits per heavy atom.